The van der Waals surface area contributed by atoms with Gasteiger partial charge in [-0.2, -0.15) is 4.72 Å². The Hall–Kier alpha value is -1.43. The number of sulfonamides is 2. The molecule has 0 aliphatic carbocycles. The highest BCUT2D eigenvalue weighted by Crippen LogP contribution is 2.27. The zero-order valence-electron chi connectivity index (χ0n) is 8.34. The Morgan fingerprint density at radius 2 is 2.06 bits per heavy atom. The fraction of sp³-hybridized carbons (Fsp3) is 0.167. The molecule has 0 fully saturated rings. The quantitative estimate of drug-likeness (QED) is 0.461. The lowest BCUT2D eigenvalue weighted by Gasteiger charge is -2.19. The van der Waals surface area contributed by atoms with Crippen molar-refractivity contribution in [1.82, 2.24) is 9.71 Å². The first-order valence-electron chi connectivity index (χ1n) is 4.29. The minimum Gasteiger partial charge on any atom is -0.382 e. The fourth-order valence-electron chi connectivity index (χ4n) is 1.34. The number of nitrogens with two attached hydrogens (primary N) is 2. The van der Waals surface area contributed by atoms with Crippen molar-refractivity contribution in [2.75, 3.05) is 17.7 Å². The summed E-state index contributed by atoms with van der Waals surface area (Å²) in [7, 11) is -7.92. The van der Waals surface area contributed by atoms with E-state index >= 15 is 0 Å². The summed E-state index contributed by atoms with van der Waals surface area (Å²) in [5.41, 5.74) is 5.39. The zero-order chi connectivity index (χ0) is 12.8. The lowest BCUT2D eigenvalue weighted by molar-refractivity contribution is 0.580. The monoisotopic (exact) mass is 279 g/mol. The predicted octanol–water partition coefficient (Wildman–Crippen LogP) is -2.03. The van der Waals surface area contributed by atoms with Crippen LogP contribution in [0.4, 0.5) is 11.6 Å². The van der Waals surface area contributed by atoms with E-state index in [0.717, 1.165) is 6.07 Å². The molecule has 0 atom stereocenters. The van der Waals surface area contributed by atoms with Crippen LogP contribution in [0.15, 0.2) is 15.9 Å². The van der Waals surface area contributed by atoms with Gasteiger partial charge in [0.2, 0.25) is 20.0 Å². The summed E-state index contributed by atoms with van der Waals surface area (Å²) in [5, 5.41) is 7.52. The van der Waals surface area contributed by atoms with E-state index in [2.05, 4.69) is 15.0 Å². The van der Waals surface area contributed by atoms with E-state index in [0.29, 0.717) is 0 Å². The molecular weight excluding hydrogens is 270 g/mol. The number of hydrogen-bond donors (Lipinski definition) is 4. The fourth-order valence-corrected chi connectivity index (χ4v) is 3.10. The van der Waals surface area contributed by atoms with Gasteiger partial charge in [-0.3, -0.25) is 0 Å². The molecule has 0 unspecified atom stereocenters. The first-order valence-corrected chi connectivity index (χ1v) is 7.31. The zero-order valence-corrected chi connectivity index (χ0v) is 9.97. The van der Waals surface area contributed by atoms with E-state index in [1.54, 1.807) is 0 Å². The summed E-state index contributed by atoms with van der Waals surface area (Å²) in [6.45, 7) is -0.0451. The third-order valence-electron chi connectivity index (χ3n) is 2.09. The van der Waals surface area contributed by atoms with E-state index in [1.165, 1.54) is 0 Å². The highest BCUT2D eigenvalue weighted by atomic mass is 32.2. The third kappa shape index (κ3) is 2.04. The number of aromatic nitrogens is 1. The Balaban J connectivity index is 2.79. The lowest BCUT2D eigenvalue weighted by Crippen LogP contribution is -2.35. The summed E-state index contributed by atoms with van der Waals surface area (Å²) in [5.74, 6) is -0.357. The van der Waals surface area contributed by atoms with Gasteiger partial charge in [0, 0.05) is 0 Å². The van der Waals surface area contributed by atoms with Crippen molar-refractivity contribution >= 4 is 31.7 Å². The van der Waals surface area contributed by atoms with Crippen LogP contribution >= 0.6 is 0 Å². The molecule has 11 heteroatoms. The van der Waals surface area contributed by atoms with Gasteiger partial charge in [0.05, 0.1) is 6.67 Å². The average Bonchev–Trinajstić information content (AvgIpc) is 2.13. The Morgan fingerprint density at radius 1 is 1.41 bits per heavy atom. The van der Waals surface area contributed by atoms with Gasteiger partial charge in [0.25, 0.3) is 0 Å². The van der Waals surface area contributed by atoms with E-state index in [4.69, 9.17) is 10.9 Å². The summed E-state index contributed by atoms with van der Waals surface area (Å²) in [6.07, 6.45) is 0. The van der Waals surface area contributed by atoms with Gasteiger partial charge >= 0.3 is 0 Å². The van der Waals surface area contributed by atoms with E-state index < -0.39 is 24.9 Å². The van der Waals surface area contributed by atoms with Gasteiger partial charge in [-0.1, -0.05) is 0 Å². The first-order chi connectivity index (χ1) is 7.72. The number of nitrogens with zero attached hydrogens (tertiary/aromatic N) is 1. The number of rotatable bonds is 1. The van der Waals surface area contributed by atoms with Crippen molar-refractivity contribution in [3.05, 3.63) is 6.07 Å². The number of primary sulfonamides is 1. The molecule has 0 spiro atoms. The predicted molar refractivity (Wildman–Crippen MR) is 58.8 cm³/mol. The highest BCUT2D eigenvalue weighted by molar-refractivity contribution is 7.90. The molecule has 0 bridgehead atoms. The van der Waals surface area contributed by atoms with Gasteiger partial charge in [-0.25, -0.2) is 27.0 Å². The van der Waals surface area contributed by atoms with Gasteiger partial charge in [-0.05, 0) is 6.07 Å². The molecule has 0 amide bonds. The normalized spacial score (nSPS) is 18.2. The topological polar surface area (TPSA) is 157 Å². The molecule has 2 rings (SSSR count). The van der Waals surface area contributed by atoms with Crippen LogP contribution in [0.3, 0.4) is 0 Å². The van der Waals surface area contributed by atoms with Crippen molar-refractivity contribution in [2.24, 2.45) is 5.14 Å². The van der Waals surface area contributed by atoms with Gasteiger partial charge in [0.15, 0.2) is 0 Å². The maximum absolute atomic E-state index is 11.6. The molecular formula is C6H9N5O4S2. The molecule has 9 nitrogen and oxygen atoms in total. The third-order valence-corrected chi connectivity index (χ3v) is 4.45. The van der Waals surface area contributed by atoms with E-state index in [1.807, 2.05) is 0 Å². The van der Waals surface area contributed by atoms with Crippen LogP contribution < -0.4 is 20.9 Å². The minimum atomic E-state index is -4.12. The first kappa shape index (κ1) is 12.0. The van der Waals surface area contributed by atoms with Gasteiger partial charge in [0.1, 0.15) is 21.4 Å². The molecule has 1 aliphatic rings. The Kier molecular flexibility index (Phi) is 2.50. The number of fused-ring (bicyclic) bond motifs is 1. The minimum absolute atomic E-state index is 0.00588. The number of pyridine rings is 1. The van der Waals surface area contributed by atoms with Crippen LogP contribution in [-0.2, 0) is 20.0 Å². The van der Waals surface area contributed by atoms with Crippen LogP contribution in [0.5, 0.6) is 0 Å². The molecule has 1 aliphatic heterocycles. The van der Waals surface area contributed by atoms with Crippen molar-refractivity contribution in [3.8, 4) is 0 Å². The Labute approximate surface area is 97.3 Å². The second kappa shape index (κ2) is 3.53. The van der Waals surface area contributed by atoms with Crippen LogP contribution in [0, 0.1) is 0 Å². The summed E-state index contributed by atoms with van der Waals surface area (Å²) in [6, 6.07) is 0.876. The smallest absolute Gasteiger partial charge is 0.245 e. The molecule has 1 aromatic heterocycles. The number of nitrogens with one attached hydrogen (secondary N) is 2. The largest absolute Gasteiger partial charge is 0.382 e. The molecule has 6 N–H and O–H groups in total. The van der Waals surface area contributed by atoms with Crippen molar-refractivity contribution in [1.29, 1.82) is 0 Å². The highest BCUT2D eigenvalue weighted by Gasteiger charge is 2.28. The molecule has 0 radical (unpaired) electrons. The standard InChI is InChI=1S/C6H9N5O4S2/c7-5-3(16(8,12)13)1-4-6(11-5)9-2-10-17(4,14)15/h1,10H,2H2,(H3,7,9,11)(H2,8,12,13). The van der Waals surface area contributed by atoms with Crippen LogP contribution in [-0.4, -0.2) is 28.5 Å². The van der Waals surface area contributed by atoms with Crippen LogP contribution in [0.1, 0.15) is 0 Å². The SMILES string of the molecule is Nc1nc2c(cc1S(N)(=O)=O)S(=O)(=O)NCN2. The van der Waals surface area contributed by atoms with Crippen molar-refractivity contribution in [3.63, 3.8) is 0 Å². The van der Waals surface area contributed by atoms with E-state index in [9.17, 15) is 16.8 Å². The lowest BCUT2D eigenvalue weighted by atomic mass is 10.4. The summed E-state index contributed by atoms with van der Waals surface area (Å²) in [4.78, 5) is 2.84. The van der Waals surface area contributed by atoms with Gasteiger partial charge in [-0.15, -0.1) is 0 Å². The second-order valence-electron chi connectivity index (χ2n) is 3.26. The molecule has 94 valence electrons. The molecule has 2 heterocycles. The van der Waals surface area contributed by atoms with Crippen molar-refractivity contribution in [2.45, 2.75) is 9.79 Å². The summed E-state index contributed by atoms with van der Waals surface area (Å²) >= 11 is 0. The maximum Gasteiger partial charge on any atom is 0.245 e. The average molecular weight is 279 g/mol. The second-order valence-corrected chi connectivity index (χ2v) is 6.53. The summed E-state index contributed by atoms with van der Waals surface area (Å²) < 4.78 is 47.7. The molecule has 17 heavy (non-hydrogen) atoms. The molecule has 0 aromatic carbocycles. The van der Waals surface area contributed by atoms with Gasteiger partial charge < -0.3 is 11.1 Å². The van der Waals surface area contributed by atoms with Crippen LogP contribution in [0.2, 0.25) is 0 Å². The van der Waals surface area contributed by atoms with Crippen LogP contribution in [0.25, 0.3) is 0 Å². The Morgan fingerprint density at radius 3 is 2.65 bits per heavy atom. The Bertz CT molecular complexity index is 681. The maximum atomic E-state index is 11.6. The molecule has 1 aromatic rings. The van der Waals surface area contributed by atoms with E-state index in [-0.39, 0.29) is 23.2 Å². The number of hydrogen-bond acceptors (Lipinski definition) is 7. The molecule has 0 saturated carbocycles. The van der Waals surface area contributed by atoms with Crippen molar-refractivity contribution < 1.29 is 16.8 Å². The number of anilines is 2. The molecule has 0 saturated heterocycles. The number of nitrogen functional groups attached to an aromatic ring is 1.